The van der Waals surface area contributed by atoms with Gasteiger partial charge in [-0.2, -0.15) is 5.26 Å². The highest BCUT2D eigenvalue weighted by atomic mass is 79.9. The zero-order chi connectivity index (χ0) is 24.1. The zero-order valence-corrected chi connectivity index (χ0v) is 20.6. The SMILES string of the molecule is COc1cc(/C=C2/SC(=O)N(Cc3ccccc3)C2=O)cc(Br)c1OCc1ccc(C#N)cc1. The number of hydrogen-bond donors (Lipinski definition) is 0. The fraction of sp³-hybridized carbons (Fsp3) is 0.115. The van der Waals surface area contributed by atoms with Gasteiger partial charge in [-0.3, -0.25) is 14.5 Å². The molecule has 0 spiro atoms. The summed E-state index contributed by atoms with van der Waals surface area (Å²) in [5, 5.41) is 8.63. The summed E-state index contributed by atoms with van der Waals surface area (Å²) in [6.45, 7) is 0.524. The van der Waals surface area contributed by atoms with E-state index in [1.807, 2.05) is 48.5 Å². The van der Waals surface area contributed by atoms with Crippen molar-refractivity contribution in [2.45, 2.75) is 13.2 Å². The molecule has 8 heteroatoms. The van der Waals surface area contributed by atoms with Crippen molar-refractivity contribution in [2.24, 2.45) is 0 Å². The Morgan fingerprint density at radius 3 is 2.47 bits per heavy atom. The van der Waals surface area contributed by atoms with Crippen molar-refractivity contribution in [1.82, 2.24) is 4.90 Å². The third-order valence-corrected chi connectivity index (χ3v) is 6.57. The summed E-state index contributed by atoms with van der Waals surface area (Å²) in [5.74, 6) is 0.675. The Morgan fingerprint density at radius 1 is 1.06 bits per heavy atom. The molecule has 3 aromatic rings. The van der Waals surface area contributed by atoms with Crippen LogP contribution in [-0.4, -0.2) is 23.2 Å². The Hall–Kier alpha value is -3.54. The third-order valence-electron chi connectivity index (χ3n) is 5.07. The van der Waals surface area contributed by atoms with Crippen molar-refractivity contribution in [3.8, 4) is 17.6 Å². The second kappa shape index (κ2) is 10.6. The van der Waals surface area contributed by atoms with Crippen LogP contribution in [0.1, 0.15) is 22.3 Å². The molecule has 6 nitrogen and oxygen atoms in total. The second-order valence-electron chi connectivity index (χ2n) is 7.38. The monoisotopic (exact) mass is 534 g/mol. The van der Waals surface area contributed by atoms with Crippen LogP contribution >= 0.6 is 27.7 Å². The molecule has 0 aromatic heterocycles. The van der Waals surface area contributed by atoms with Crippen LogP contribution in [0, 0.1) is 11.3 Å². The fourth-order valence-electron chi connectivity index (χ4n) is 3.35. The molecule has 2 amide bonds. The largest absolute Gasteiger partial charge is 0.493 e. The lowest BCUT2D eigenvalue weighted by Gasteiger charge is -2.14. The Kier molecular flexibility index (Phi) is 7.36. The first-order valence-corrected chi connectivity index (χ1v) is 11.9. The van der Waals surface area contributed by atoms with E-state index in [9.17, 15) is 9.59 Å². The molecule has 1 fully saturated rings. The maximum atomic E-state index is 12.9. The van der Waals surface area contributed by atoms with Crippen LogP contribution in [0.25, 0.3) is 6.08 Å². The summed E-state index contributed by atoms with van der Waals surface area (Å²) in [6, 6.07) is 22.2. The highest BCUT2D eigenvalue weighted by molar-refractivity contribution is 9.10. The second-order valence-corrected chi connectivity index (χ2v) is 9.23. The number of hydrogen-bond acceptors (Lipinski definition) is 6. The van der Waals surface area contributed by atoms with E-state index < -0.39 is 0 Å². The van der Waals surface area contributed by atoms with Crippen LogP contribution in [0.4, 0.5) is 4.79 Å². The average Bonchev–Trinajstić information content (AvgIpc) is 3.11. The van der Waals surface area contributed by atoms with Crippen molar-refractivity contribution in [3.05, 3.63) is 98.4 Å². The van der Waals surface area contributed by atoms with Gasteiger partial charge in [0.1, 0.15) is 6.61 Å². The molecule has 0 atom stereocenters. The molecule has 0 saturated carbocycles. The predicted octanol–water partition coefficient (Wildman–Crippen LogP) is 6.14. The van der Waals surface area contributed by atoms with Gasteiger partial charge in [-0.05, 0) is 74.7 Å². The number of rotatable bonds is 7. The number of imide groups is 1. The number of nitrogens with zero attached hydrogens (tertiary/aromatic N) is 2. The minimum absolute atomic E-state index is 0.234. The molecule has 1 heterocycles. The Bertz CT molecular complexity index is 1300. The number of thioether (sulfide) groups is 1. The molecule has 0 N–H and O–H groups in total. The summed E-state index contributed by atoms with van der Waals surface area (Å²) in [6.07, 6.45) is 1.67. The van der Waals surface area contributed by atoms with Gasteiger partial charge >= 0.3 is 0 Å². The number of nitriles is 1. The summed E-state index contributed by atoms with van der Waals surface area (Å²) in [7, 11) is 1.54. The zero-order valence-electron chi connectivity index (χ0n) is 18.2. The summed E-state index contributed by atoms with van der Waals surface area (Å²) >= 11 is 4.44. The molecule has 0 aliphatic carbocycles. The average molecular weight is 535 g/mol. The van der Waals surface area contributed by atoms with Crippen molar-refractivity contribution in [2.75, 3.05) is 7.11 Å². The van der Waals surface area contributed by atoms with E-state index in [4.69, 9.17) is 14.7 Å². The number of benzene rings is 3. The highest BCUT2D eigenvalue weighted by Crippen LogP contribution is 2.39. The molecule has 170 valence electrons. The van der Waals surface area contributed by atoms with Gasteiger partial charge in [0, 0.05) is 0 Å². The third kappa shape index (κ3) is 5.33. The van der Waals surface area contributed by atoms with E-state index in [0.29, 0.717) is 38.6 Å². The lowest BCUT2D eigenvalue weighted by molar-refractivity contribution is -0.123. The summed E-state index contributed by atoms with van der Waals surface area (Å²) < 4.78 is 12.1. The Balaban J connectivity index is 1.52. The number of methoxy groups -OCH3 is 1. The van der Waals surface area contributed by atoms with Gasteiger partial charge in [-0.25, -0.2) is 0 Å². The smallest absolute Gasteiger partial charge is 0.293 e. The van der Waals surface area contributed by atoms with Crippen LogP contribution in [0.2, 0.25) is 0 Å². The molecule has 3 aromatic carbocycles. The van der Waals surface area contributed by atoms with Gasteiger partial charge in [-0.15, -0.1) is 0 Å². The van der Waals surface area contributed by atoms with Gasteiger partial charge in [0.2, 0.25) is 0 Å². The van der Waals surface area contributed by atoms with Crippen molar-refractivity contribution in [1.29, 1.82) is 5.26 Å². The minimum Gasteiger partial charge on any atom is -0.493 e. The number of carbonyl (C=O) groups excluding carboxylic acids is 2. The maximum Gasteiger partial charge on any atom is 0.293 e. The Morgan fingerprint density at radius 2 is 1.79 bits per heavy atom. The number of amides is 2. The van der Waals surface area contributed by atoms with Gasteiger partial charge in [0.15, 0.2) is 11.5 Å². The molecule has 4 rings (SSSR count). The van der Waals surface area contributed by atoms with Gasteiger partial charge in [-0.1, -0.05) is 42.5 Å². The van der Waals surface area contributed by atoms with Crippen LogP contribution < -0.4 is 9.47 Å². The molecule has 1 aliphatic heterocycles. The number of ether oxygens (including phenoxy) is 2. The standard InChI is InChI=1S/C26H19BrN2O4S/c1-32-22-12-20(11-21(27)24(22)33-16-19-9-7-17(14-28)8-10-19)13-23-25(30)29(26(31)34-23)15-18-5-3-2-4-6-18/h2-13H,15-16H2,1H3/b23-13+. The lowest BCUT2D eigenvalue weighted by atomic mass is 10.1. The van der Waals surface area contributed by atoms with E-state index >= 15 is 0 Å². The molecule has 0 radical (unpaired) electrons. The highest BCUT2D eigenvalue weighted by Gasteiger charge is 2.35. The molecular formula is C26H19BrN2O4S. The van der Waals surface area contributed by atoms with Crippen molar-refractivity contribution >= 4 is 44.9 Å². The fourth-order valence-corrected chi connectivity index (χ4v) is 4.76. The minimum atomic E-state index is -0.324. The number of halogens is 1. The topological polar surface area (TPSA) is 79.6 Å². The van der Waals surface area contributed by atoms with Crippen LogP contribution in [0.15, 0.2) is 76.1 Å². The first kappa shape index (κ1) is 23.6. The van der Waals surface area contributed by atoms with E-state index in [-0.39, 0.29) is 17.7 Å². The van der Waals surface area contributed by atoms with Gasteiger partial charge < -0.3 is 9.47 Å². The van der Waals surface area contributed by atoms with Gasteiger partial charge in [0.25, 0.3) is 11.1 Å². The van der Waals surface area contributed by atoms with E-state index in [2.05, 4.69) is 22.0 Å². The molecule has 1 aliphatic rings. The van der Waals surface area contributed by atoms with Gasteiger partial charge in [0.05, 0.1) is 34.7 Å². The predicted molar refractivity (Wildman–Crippen MR) is 134 cm³/mol. The quantitative estimate of drug-likeness (QED) is 0.338. The molecule has 0 unspecified atom stereocenters. The van der Waals surface area contributed by atoms with Crippen molar-refractivity contribution < 1.29 is 19.1 Å². The first-order chi connectivity index (χ1) is 16.5. The van der Waals surface area contributed by atoms with E-state index in [1.165, 1.54) is 12.0 Å². The van der Waals surface area contributed by atoms with Crippen molar-refractivity contribution in [3.63, 3.8) is 0 Å². The van der Waals surface area contributed by atoms with Crippen LogP contribution in [0.5, 0.6) is 11.5 Å². The van der Waals surface area contributed by atoms with E-state index in [0.717, 1.165) is 22.9 Å². The van der Waals surface area contributed by atoms with E-state index in [1.54, 1.807) is 24.3 Å². The summed E-state index contributed by atoms with van der Waals surface area (Å²) in [5.41, 5.74) is 3.07. The maximum absolute atomic E-state index is 12.9. The van der Waals surface area contributed by atoms with Crippen LogP contribution in [0.3, 0.4) is 0 Å². The Labute approximate surface area is 209 Å². The van der Waals surface area contributed by atoms with Crippen LogP contribution in [-0.2, 0) is 17.9 Å². The first-order valence-electron chi connectivity index (χ1n) is 10.3. The molecule has 0 bridgehead atoms. The molecular weight excluding hydrogens is 516 g/mol. The molecule has 34 heavy (non-hydrogen) atoms. The lowest BCUT2D eigenvalue weighted by Crippen LogP contribution is -2.27. The normalized spacial score (nSPS) is 14.4. The summed E-state index contributed by atoms with van der Waals surface area (Å²) in [4.78, 5) is 26.9. The number of carbonyl (C=O) groups is 2. The molecule has 1 saturated heterocycles.